The Labute approximate surface area is 140 Å². The molecule has 3 atom stereocenters. The molecule has 2 aliphatic heterocycles. The van der Waals surface area contributed by atoms with E-state index in [-0.39, 0.29) is 44.0 Å². The minimum Gasteiger partial charge on any atom is -0.465 e. The van der Waals surface area contributed by atoms with E-state index in [1.807, 2.05) is 0 Å². The first kappa shape index (κ1) is 18.4. The molecule has 2 aliphatic rings. The number of hydrogen-bond acceptors (Lipinski definition) is 7. The number of alkyl carbamates (subject to hydrolysis) is 1. The van der Waals surface area contributed by atoms with Gasteiger partial charge in [-0.15, -0.1) is 0 Å². The summed E-state index contributed by atoms with van der Waals surface area (Å²) >= 11 is 1.80. The number of fused-ring (bicyclic) bond motifs is 1. The lowest BCUT2D eigenvalue weighted by atomic mass is 9.94. The zero-order valence-corrected chi connectivity index (χ0v) is 14.1. The molecule has 0 saturated carbocycles. The van der Waals surface area contributed by atoms with Crippen molar-refractivity contribution >= 4 is 23.8 Å². The van der Waals surface area contributed by atoms with E-state index in [0.29, 0.717) is 18.1 Å². The van der Waals surface area contributed by atoms with Crippen LogP contribution in [0.25, 0.3) is 0 Å². The largest absolute Gasteiger partial charge is 0.465 e. The fourth-order valence-electron chi connectivity index (χ4n) is 2.60. The number of esters is 1. The quantitative estimate of drug-likeness (QED) is 0.416. The van der Waals surface area contributed by atoms with Gasteiger partial charge in [0.1, 0.15) is 12.7 Å². The highest BCUT2D eigenvalue weighted by Gasteiger charge is 2.44. The number of nitrogens with one attached hydrogen (secondary N) is 1. The van der Waals surface area contributed by atoms with Crippen molar-refractivity contribution in [3.63, 3.8) is 0 Å². The van der Waals surface area contributed by atoms with Crippen molar-refractivity contribution in [2.24, 2.45) is 5.41 Å². The van der Waals surface area contributed by atoms with Crippen molar-refractivity contribution in [1.82, 2.24) is 5.32 Å². The van der Waals surface area contributed by atoms with Crippen LogP contribution in [0.4, 0.5) is 4.79 Å². The van der Waals surface area contributed by atoms with E-state index < -0.39 is 5.41 Å². The number of carbonyl (C=O) groups excluding carboxylic acids is 2. The van der Waals surface area contributed by atoms with Gasteiger partial charge in [0.25, 0.3) is 0 Å². The SMILES string of the molecule is CC(CO)(CO)COC(=O)CCCCC1SCC2NC(=O)O[C@@H]21. The van der Waals surface area contributed by atoms with Crippen molar-refractivity contribution in [2.45, 2.75) is 50.0 Å². The summed E-state index contributed by atoms with van der Waals surface area (Å²) in [5.74, 6) is 0.563. The summed E-state index contributed by atoms with van der Waals surface area (Å²) in [5, 5.41) is 21.4. The summed E-state index contributed by atoms with van der Waals surface area (Å²) in [6.45, 7) is 1.21. The normalized spacial score (nSPS) is 26.6. The van der Waals surface area contributed by atoms with E-state index in [2.05, 4.69) is 5.32 Å². The number of aliphatic hydroxyl groups is 2. The Bertz CT molecular complexity index is 428. The van der Waals surface area contributed by atoms with Gasteiger partial charge in [0.05, 0.1) is 19.3 Å². The maximum Gasteiger partial charge on any atom is 0.407 e. The minimum absolute atomic E-state index is 0.0166. The third kappa shape index (κ3) is 4.99. The Kier molecular flexibility index (Phi) is 6.55. The predicted molar refractivity (Wildman–Crippen MR) is 85.1 cm³/mol. The number of thioether (sulfide) groups is 1. The number of amides is 1. The van der Waals surface area contributed by atoms with Gasteiger partial charge in [-0.1, -0.05) is 13.3 Å². The van der Waals surface area contributed by atoms with Crippen LogP contribution in [0.5, 0.6) is 0 Å². The van der Waals surface area contributed by atoms with Crippen LogP contribution >= 0.6 is 11.8 Å². The smallest absolute Gasteiger partial charge is 0.407 e. The molecular formula is C15H25NO6S. The van der Waals surface area contributed by atoms with Crippen molar-refractivity contribution in [2.75, 3.05) is 25.6 Å². The van der Waals surface area contributed by atoms with Gasteiger partial charge in [-0.25, -0.2) is 4.79 Å². The molecule has 23 heavy (non-hydrogen) atoms. The number of hydrogen-bond donors (Lipinski definition) is 3. The lowest BCUT2D eigenvalue weighted by molar-refractivity contribution is -0.149. The molecule has 1 amide bonds. The molecule has 0 aliphatic carbocycles. The molecule has 2 heterocycles. The average molecular weight is 347 g/mol. The highest BCUT2D eigenvalue weighted by Crippen LogP contribution is 2.35. The van der Waals surface area contributed by atoms with Gasteiger partial charge in [-0.3, -0.25) is 4.79 Å². The van der Waals surface area contributed by atoms with Gasteiger partial charge in [-0.2, -0.15) is 11.8 Å². The second-order valence-electron chi connectivity index (χ2n) is 6.53. The lowest BCUT2D eigenvalue weighted by Gasteiger charge is -2.23. The van der Waals surface area contributed by atoms with Crippen LogP contribution in [0.2, 0.25) is 0 Å². The molecule has 2 rings (SSSR count). The third-order valence-corrected chi connectivity index (χ3v) is 5.75. The predicted octanol–water partition coefficient (Wildman–Crippen LogP) is 0.673. The second-order valence-corrected chi connectivity index (χ2v) is 7.80. The van der Waals surface area contributed by atoms with Gasteiger partial charge >= 0.3 is 12.1 Å². The Morgan fingerprint density at radius 3 is 2.87 bits per heavy atom. The Hall–Kier alpha value is -0.990. The molecule has 2 saturated heterocycles. The van der Waals surface area contributed by atoms with Crippen LogP contribution in [0.15, 0.2) is 0 Å². The number of rotatable bonds is 9. The molecule has 0 aromatic rings. The highest BCUT2D eigenvalue weighted by atomic mass is 32.2. The first-order valence-electron chi connectivity index (χ1n) is 7.93. The van der Waals surface area contributed by atoms with Crippen LogP contribution in [-0.2, 0) is 14.3 Å². The van der Waals surface area contributed by atoms with Crippen LogP contribution in [0.3, 0.4) is 0 Å². The van der Waals surface area contributed by atoms with Crippen LogP contribution in [0.1, 0.15) is 32.6 Å². The summed E-state index contributed by atoms with van der Waals surface area (Å²) in [6, 6.07) is 0.122. The van der Waals surface area contributed by atoms with Crippen molar-refractivity contribution < 1.29 is 29.3 Å². The molecule has 0 aromatic carbocycles. The number of ether oxygens (including phenoxy) is 2. The van der Waals surface area contributed by atoms with Gasteiger partial charge in [0.2, 0.25) is 0 Å². The summed E-state index contributed by atoms with van der Waals surface area (Å²) in [4.78, 5) is 22.9. The first-order valence-corrected chi connectivity index (χ1v) is 8.98. The monoisotopic (exact) mass is 347 g/mol. The average Bonchev–Trinajstić information content (AvgIpc) is 3.08. The topological polar surface area (TPSA) is 105 Å². The van der Waals surface area contributed by atoms with Crippen LogP contribution in [-0.4, -0.2) is 65.2 Å². The van der Waals surface area contributed by atoms with Gasteiger partial charge in [0, 0.05) is 22.8 Å². The summed E-state index contributed by atoms with van der Waals surface area (Å²) < 4.78 is 10.4. The highest BCUT2D eigenvalue weighted by molar-refractivity contribution is 8.00. The van der Waals surface area contributed by atoms with E-state index in [9.17, 15) is 9.59 Å². The molecular weight excluding hydrogens is 322 g/mol. The molecule has 3 N–H and O–H groups in total. The van der Waals surface area contributed by atoms with E-state index in [0.717, 1.165) is 18.6 Å². The third-order valence-electron chi connectivity index (χ3n) is 4.26. The van der Waals surface area contributed by atoms with Crippen LogP contribution < -0.4 is 5.32 Å². The zero-order valence-electron chi connectivity index (χ0n) is 13.3. The second kappa shape index (κ2) is 8.21. The molecule has 0 bridgehead atoms. The van der Waals surface area contributed by atoms with E-state index in [1.165, 1.54) is 0 Å². The fourth-order valence-corrected chi connectivity index (χ4v) is 4.09. The maximum absolute atomic E-state index is 11.7. The fraction of sp³-hybridized carbons (Fsp3) is 0.867. The van der Waals surface area contributed by atoms with E-state index in [4.69, 9.17) is 19.7 Å². The number of carbonyl (C=O) groups is 2. The van der Waals surface area contributed by atoms with Gasteiger partial charge in [-0.05, 0) is 12.8 Å². The van der Waals surface area contributed by atoms with Gasteiger partial charge < -0.3 is 25.0 Å². The Morgan fingerprint density at radius 2 is 2.17 bits per heavy atom. The van der Waals surface area contributed by atoms with Gasteiger partial charge in [0.15, 0.2) is 0 Å². The molecule has 7 nitrogen and oxygen atoms in total. The van der Waals surface area contributed by atoms with Crippen molar-refractivity contribution in [3.05, 3.63) is 0 Å². The van der Waals surface area contributed by atoms with E-state index >= 15 is 0 Å². The number of unbranched alkanes of at least 4 members (excludes halogenated alkanes) is 1. The van der Waals surface area contributed by atoms with Crippen molar-refractivity contribution in [1.29, 1.82) is 0 Å². The zero-order chi connectivity index (χ0) is 16.9. The molecule has 8 heteroatoms. The molecule has 132 valence electrons. The van der Waals surface area contributed by atoms with Crippen molar-refractivity contribution in [3.8, 4) is 0 Å². The minimum atomic E-state index is -0.787. The van der Waals surface area contributed by atoms with E-state index in [1.54, 1.807) is 18.7 Å². The standard InChI is InChI=1S/C15H25NO6S/c1-15(7-17,8-18)9-21-12(19)5-3-2-4-11-13-10(6-23-11)16-14(20)22-13/h10-11,13,17-18H,2-9H2,1H3,(H,16,20)/t10?,11?,13-/m0/s1. The first-order chi connectivity index (χ1) is 11.0. The summed E-state index contributed by atoms with van der Waals surface area (Å²) in [6.07, 6.45) is 2.42. The molecule has 2 fully saturated rings. The Balaban J connectivity index is 1.58. The lowest BCUT2D eigenvalue weighted by Crippen LogP contribution is -2.32. The molecule has 0 aromatic heterocycles. The summed E-state index contributed by atoms with van der Waals surface area (Å²) in [7, 11) is 0. The maximum atomic E-state index is 11.7. The van der Waals surface area contributed by atoms with Crippen LogP contribution in [0, 0.1) is 5.41 Å². The number of aliphatic hydroxyl groups excluding tert-OH is 2. The summed E-state index contributed by atoms with van der Waals surface area (Å²) in [5.41, 5.74) is -0.787. The molecule has 0 spiro atoms. The molecule has 0 radical (unpaired) electrons. The Morgan fingerprint density at radius 1 is 1.43 bits per heavy atom. The molecule has 2 unspecified atom stereocenters.